The van der Waals surface area contributed by atoms with Crippen LogP contribution in [0.5, 0.6) is 17.2 Å². The summed E-state index contributed by atoms with van der Waals surface area (Å²) in [6.07, 6.45) is 4.45. The van der Waals surface area contributed by atoms with Crippen LogP contribution in [0.1, 0.15) is 74.4 Å². The monoisotopic (exact) mass is 690 g/mol. The van der Waals surface area contributed by atoms with E-state index >= 15 is 0 Å². The Labute approximate surface area is 278 Å². The Morgan fingerprint density at radius 3 is 2.23 bits per heavy atom. The lowest BCUT2D eigenvalue weighted by Crippen LogP contribution is -2.53. The molecule has 1 aliphatic carbocycles. The first-order valence-electron chi connectivity index (χ1n) is 14.6. The third-order valence-electron chi connectivity index (χ3n) is 7.98. The van der Waals surface area contributed by atoms with Crippen LogP contribution in [-0.2, 0) is 11.1 Å². The van der Waals surface area contributed by atoms with Crippen molar-refractivity contribution >= 4 is 36.6 Å². The molecule has 3 aromatic rings. The molecular formula is C32H31BClF3N2O9. The number of rotatable bonds is 9. The molecule has 0 bridgehead atoms. The third-order valence-corrected chi connectivity index (χ3v) is 8.35. The lowest BCUT2D eigenvalue weighted by atomic mass is 9.71. The molecule has 2 unspecified atom stereocenters. The molecule has 1 aliphatic heterocycles. The first kappa shape index (κ1) is 36.0. The summed E-state index contributed by atoms with van der Waals surface area (Å²) < 4.78 is 54.5. The molecule has 1 amide bonds. The van der Waals surface area contributed by atoms with Crippen LogP contribution in [0.15, 0.2) is 48.7 Å². The molecule has 16 heteroatoms. The number of phenols is 2. The van der Waals surface area contributed by atoms with Crippen molar-refractivity contribution in [2.45, 2.75) is 44.6 Å². The van der Waals surface area contributed by atoms with Gasteiger partial charge < -0.3 is 40.4 Å². The second-order valence-corrected chi connectivity index (χ2v) is 11.7. The molecule has 11 nitrogen and oxygen atoms in total. The summed E-state index contributed by atoms with van der Waals surface area (Å²) in [5.74, 6) is -9.82. The average Bonchev–Trinajstić information content (AvgIpc) is 3.01. The molecule has 2 atom stereocenters. The van der Waals surface area contributed by atoms with Crippen molar-refractivity contribution in [3.63, 3.8) is 0 Å². The predicted octanol–water partition coefficient (Wildman–Crippen LogP) is 5.62. The first-order valence-corrected chi connectivity index (χ1v) is 14.9. The number of carboxylic acids is 2. The first-order chi connectivity index (χ1) is 22.6. The van der Waals surface area contributed by atoms with Crippen LogP contribution in [0.25, 0.3) is 0 Å². The second kappa shape index (κ2) is 14.9. The summed E-state index contributed by atoms with van der Waals surface area (Å²) in [6.45, 7) is 6.18. The minimum absolute atomic E-state index is 0.00725. The fraction of sp³-hybridized carbons (Fsp3) is 0.281. The molecule has 6 N–H and O–H groups in total. The van der Waals surface area contributed by atoms with E-state index < -0.39 is 87.6 Å². The van der Waals surface area contributed by atoms with Gasteiger partial charge in [-0.2, -0.15) is 0 Å². The smallest absolute Gasteiger partial charge is 0.534 e. The number of amides is 1. The highest BCUT2D eigenvalue weighted by Gasteiger charge is 2.40. The third kappa shape index (κ3) is 7.63. The van der Waals surface area contributed by atoms with Crippen molar-refractivity contribution in [2.24, 2.45) is 5.92 Å². The van der Waals surface area contributed by atoms with Crippen molar-refractivity contribution in [2.75, 3.05) is 7.11 Å². The molecular weight excluding hydrogens is 660 g/mol. The molecule has 5 rings (SSSR count). The minimum Gasteiger partial charge on any atom is -0.534 e. The van der Waals surface area contributed by atoms with Gasteiger partial charge in [0.05, 0.1) is 23.1 Å². The van der Waals surface area contributed by atoms with E-state index in [2.05, 4.69) is 24.1 Å². The van der Waals surface area contributed by atoms with Crippen LogP contribution >= 0.6 is 11.6 Å². The zero-order valence-electron chi connectivity index (χ0n) is 25.7. The lowest BCUT2D eigenvalue weighted by molar-refractivity contribution is 0.0678. The van der Waals surface area contributed by atoms with Crippen LogP contribution in [0, 0.1) is 23.4 Å². The van der Waals surface area contributed by atoms with Gasteiger partial charge >= 0.3 is 19.1 Å². The van der Waals surface area contributed by atoms with Crippen LogP contribution in [0.2, 0.25) is 5.02 Å². The summed E-state index contributed by atoms with van der Waals surface area (Å²) in [7, 11) is 0.00122. The highest BCUT2D eigenvalue weighted by Crippen LogP contribution is 2.38. The number of benzene rings is 3. The van der Waals surface area contributed by atoms with Crippen molar-refractivity contribution in [1.29, 1.82) is 0 Å². The fourth-order valence-electron chi connectivity index (χ4n) is 5.16. The van der Waals surface area contributed by atoms with Crippen LogP contribution in [-0.4, -0.2) is 58.4 Å². The van der Waals surface area contributed by atoms with E-state index in [1.54, 1.807) is 0 Å². The highest BCUT2D eigenvalue weighted by atomic mass is 35.5. The number of carbonyl (C=O) groups excluding carboxylic acids is 1. The Balaban J connectivity index is 0.000000950. The largest absolute Gasteiger partial charge is 0.549 e. The number of hydrogen-bond donors (Lipinski definition) is 6. The topological polar surface area (TPSA) is 175 Å². The number of fused-ring (bicyclic) bond motifs is 1. The quantitative estimate of drug-likeness (QED) is 0.122. The normalized spacial score (nSPS) is 15.9. The van der Waals surface area contributed by atoms with Gasteiger partial charge in [-0.1, -0.05) is 56.5 Å². The molecule has 48 heavy (non-hydrogen) atoms. The minimum atomic E-state index is -1.57. The Bertz CT molecular complexity index is 1770. The van der Waals surface area contributed by atoms with Gasteiger partial charge in [-0.3, -0.25) is 4.79 Å². The molecule has 1 fully saturated rings. The maximum Gasteiger partial charge on any atom is 0.549 e. The van der Waals surface area contributed by atoms with Gasteiger partial charge in [0.25, 0.3) is 5.91 Å². The molecule has 1 saturated carbocycles. The maximum absolute atomic E-state index is 14.7. The van der Waals surface area contributed by atoms with E-state index in [1.807, 2.05) is 0 Å². The molecule has 1 heterocycles. The second-order valence-electron chi connectivity index (χ2n) is 11.3. The number of nitrogens with one attached hydrogen (secondary N) is 2. The number of hydrogen-bond acceptors (Lipinski definition) is 8. The number of carboxylic acid groups (broad SMARTS) is 2. The highest BCUT2D eigenvalue weighted by molar-refractivity contribution is 6.48. The van der Waals surface area contributed by atoms with E-state index in [4.69, 9.17) is 20.9 Å². The van der Waals surface area contributed by atoms with Crippen molar-refractivity contribution in [3.8, 4) is 17.2 Å². The van der Waals surface area contributed by atoms with Crippen molar-refractivity contribution < 1.29 is 57.3 Å². The molecule has 0 aromatic heterocycles. The van der Waals surface area contributed by atoms with Gasteiger partial charge in [0, 0.05) is 18.9 Å². The zero-order valence-corrected chi connectivity index (χ0v) is 26.4. The van der Waals surface area contributed by atoms with E-state index in [-0.39, 0.29) is 29.0 Å². The molecule has 254 valence electrons. The van der Waals surface area contributed by atoms with Crippen molar-refractivity contribution in [1.82, 2.24) is 10.6 Å². The van der Waals surface area contributed by atoms with Crippen LogP contribution in [0.3, 0.4) is 0 Å². The van der Waals surface area contributed by atoms with Gasteiger partial charge in [-0.05, 0) is 41.7 Å². The summed E-state index contributed by atoms with van der Waals surface area (Å²) in [5.41, 5.74) is -2.12. The number of halogens is 4. The van der Waals surface area contributed by atoms with Gasteiger partial charge in [0.2, 0.25) is 0 Å². The van der Waals surface area contributed by atoms with Gasteiger partial charge in [0.1, 0.15) is 33.8 Å². The number of aromatic hydroxyl groups is 2. The summed E-state index contributed by atoms with van der Waals surface area (Å²) in [5, 5.41) is 42.7. The molecule has 2 aliphatic rings. The number of carbonyl (C=O) groups is 3. The standard InChI is InChI=1S/C27H21BClF3N2O9.C5H10/c1-10(33-18-8-12-4-6-14(30)20(27(40)41)24(12)43-28(18)42-2)22(11-3-5-13(26(38)39)15(31)7-11)34-25(37)19-16(32)9-17(35)23(36)21(19)29;1-5-3-2-4-5/h3-7,9,18,22,33,35-36H,1,8H2,2H3,(H,34,37)(H,38,39)(H,40,41);5H,2-4H2,1H3. The Morgan fingerprint density at radius 1 is 1.02 bits per heavy atom. The summed E-state index contributed by atoms with van der Waals surface area (Å²) in [4.78, 5) is 36.1. The molecule has 0 saturated heterocycles. The van der Waals surface area contributed by atoms with Gasteiger partial charge in [-0.25, -0.2) is 22.8 Å². The Hall–Kier alpha value is -4.89. The predicted molar refractivity (Wildman–Crippen MR) is 168 cm³/mol. The van der Waals surface area contributed by atoms with Crippen molar-refractivity contribution in [3.05, 3.63) is 99.0 Å². The fourth-order valence-corrected chi connectivity index (χ4v) is 5.43. The van der Waals surface area contributed by atoms with E-state index in [0.29, 0.717) is 6.07 Å². The maximum atomic E-state index is 14.7. The Morgan fingerprint density at radius 2 is 1.69 bits per heavy atom. The van der Waals surface area contributed by atoms with E-state index in [0.717, 1.165) is 24.1 Å². The summed E-state index contributed by atoms with van der Waals surface area (Å²) in [6, 6.07) is 4.19. The Kier molecular flexibility index (Phi) is 11.2. The molecule has 3 aromatic carbocycles. The number of phenolic OH excluding ortho intramolecular Hbond substituents is 2. The van der Waals surface area contributed by atoms with Gasteiger partial charge in [0.15, 0.2) is 11.5 Å². The average molecular weight is 691 g/mol. The van der Waals surface area contributed by atoms with Crippen LogP contribution < -0.4 is 15.3 Å². The van der Waals surface area contributed by atoms with E-state index in [1.165, 1.54) is 38.5 Å². The molecule has 0 spiro atoms. The number of aromatic carboxylic acids is 2. The lowest BCUT2D eigenvalue weighted by Gasteiger charge is -2.33. The zero-order chi connectivity index (χ0) is 35.4. The SMILES string of the molecule is C=C(NC1Cc2ccc(F)c(C(=O)O)c2OB1OC)C(NC(=O)c1c(F)cc(O)c(O)c1Cl)c1ccc(C(=O)O)c(F)c1.CC1CCC1. The summed E-state index contributed by atoms with van der Waals surface area (Å²) >= 11 is 5.90. The van der Waals surface area contributed by atoms with Gasteiger partial charge in [-0.15, -0.1) is 0 Å². The van der Waals surface area contributed by atoms with Crippen LogP contribution in [0.4, 0.5) is 13.2 Å². The molecule has 0 radical (unpaired) electrons. The van der Waals surface area contributed by atoms with E-state index in [9.17, 15) is 48.0 Å².